The first-order valence-corrected chi connectivity index (χ1v) is 9.29. The SMILES string of the molecule is Cc1ccc(C(=O)NCC2CC2)cc1NC(=O)N1CCCC(C)(C)C1. The van der Waals surface area contributed by atoms with E-state index >= 15 is 0 Å². The number of likely N-dealkylation sites (tertiary alicyclic amines) is 1. The molecule has 2 aliphatic rings. The molecule has 1 aliphatic carbocycles. The lowest BCUT2D eigenvalue weighted by Gasteiger charge is -2.38. The molecule has 2 fully saturated rings. The number of urea groups is 1. The Balaban J connectivity index is 1.65. The molecule has 3 amide bonds. The van der Waals surface area contributed by atoms with E-state index in [0.29, 0.717) is 17.2 Å². The number of nitrogens with one attached hydrogen (secondary N) is 2. The highest BCUT2D eigenvalue weighted by Gasteiger charge is 2.29. The largest absolute Gasteiger partial charge is 0.352 e. The summed E-state index contributed by atoms with van der Waals surface area (Å²) in [5.41, 5.74) is 2.44. The van der Waals surface area contributed by atoms with Gasteiger partial charge in [-0.3, -0.25) is 4.79 Å². The van der Waals surface area contributed by atoms with Gasteiger partial charge in [-0.2, -0.15) is 0 Å². The zero-order valence-electron chi connectivity index (χ0n) is 15.5. The molecule has 1 saturated heterocycles. The third-order valence-corrected chi connectivity index (χ3v) is 5.18. The molecule has 5 heteroatoms. The Kier molecular flexibility index (Phi) is 5.02. The quantitative estimate of drug-likeness (QED) is 0.874. The van der Waals surface area contributed by atoms with E-state index in [1.54, 1.807) is 6.07 Å². The van der Waals surface area contributed by atoms with Crippen molar-refractivity contribution in [2.45, 2.75) is 46.5 Å². The number of piperidine rings is 1. The maximum Gasteiger partial charge on any atom is 0.321 e. The van der Waals surface area contributed by atoms with Crippen molar-refractivity contribution in [2.24, 2.45) is 11.3 Å². The van der Waals surface area contributed by atoms with Crippen molar-refractivity contribution in [3.8, 4) is 0 Å². The third-order valence-electron chi connectivity index (χ3n) is 5.18. The van der Waals surface area contributed by atoms with Crippen molar-refractivity contribution in [3.05, 3.63) is 29.3 Å². The average molecular weight is 343 g/mol. The van der Waals surface area contributed by atoms with Gasteiger partial charge in [-0.25, -0.2) is 4.79 Å². The molecule has 1 aliphatic heterocycles. The lowest BCUT2D eigenvalue weighted by Crippen LogP contribution is -2.45. The van der Waals surface area contributed by atoms with Crippen LogP contribution in [0.4, 0.5) is 10.5 Å². The molecule has 1 heterocycles. The summed E-state index contributed by atoms with van der Waals surface area (Å²) in [5.74, 6) is 0.581. The zero-order chi connectivity index (χ0) is 18.0. The highest BCUT2D eigenvalue weighted by Crippen LogP contribution is 2.29. The van der Waals surface area contributed by atoms with Crippen LogP contribution in [0, 0.1) is 18.3 Å². The van der Waals surface area contributed by atoms with Gasteiger partial charge in [-0.15, -0.1) is 0 Å². The normalized spacial score (nSPS) is 19.4. The minimum atomic E-state index is -0.0774. The molecule has 1 saturated carbocycles. The molecule has 0 unspecified atom stereocenters. The van der Waals surface area contributed by atoms with E-state index < -0.39 is 0 Å². The first kappa shape index (κ1) is 17.8. The number of aryl methyl sites for hydroxylation is 1. The first-order chi connectivity index (χ1) is 11.8. The second kappa shape index (κ2) is 7.06. The molecular weight excluding hydrogens is 314 g/mol. The van der Waals surface area contributed by atoms with E-state index in [2.05, 4.69) is 24.5 Å². The molecule has 3 rings (SSSR count). The molecule has 5 nitrogen and oxygen atoms in total. The molecule has 25 heavy (non-hydrogen) atoms. The van der Waals surface area contributed by atoms with Crippen molar-refractivity contribution >= 4 is 17.6 Å². The summed E-state index contributed by atoms with van der Waals surface area (Å²) in [6.07, 6.45) is 4.60. The van der Waals surface area contributed by atoms with Gasteiger partial charge in [0, 0.05) is 30.9 Å². The van der Waals surface area contributed by atoms with E-state index in [1.807, 2.05) is 24.0 Å². The lowest BCUT2D eigenvalue weighted by atomic mass is 9.84. The number of carbonyl (C=O) groups is 2. The summed E-state index contributed by atoms with van der Waals surface area (Å²) in [6.45, 7) is 8.64. The number of nitrogens with zero attached hydrogens (tertiary/aromatic N) is 1. The van der Waals surface area contributed by atoms with Gasteiger partial charge in [0.2, 0.25) is 0 Å². The van der Waals surface area contributed by atoms with E-state index in [0.717, 1.165) is 38.0 Å². The maximum absolute atomic E-state index is 12.6. The fourth-order valence-corrected chi connectivity index (χ4v) is 3.35. The second-order valence-corrected chi connectivity index (χ2v) is 8.30. The Labute approximate surface area is 150 Å². The summed E-state index contributed by atoms with van der Waals surface area (Å²) >= 11 is 0. The van der Waals surface area contributed by atoms with Crippen molar-refractivity contribution < 1.29 is 9.59 Å². The Morgan fingerprint density at radius 3 is 2.72 bits per heavy atom. The highest BCUT2D eigenvalue weighted by atomic mass is 16.2. The Hall–Kier alpha value is -2.04. The summed E-state index contributed by atoms with van der Waals surface area (Å²) in [7, 11) is 0. The van der Waals surface area contributed by atoms with Gasteiger partial charge >= 0.3 is 6.03 Å². The monoisotopic (exact) mass is 343 g/mol. The predicted octanol–water partition coefficient (Wildman–Crippen LogP) is 3.79. The van der Waals surface area contributed by atoms with Crippen molar-refractivity contribution in [1.29, 1.82) is 0 Å². The number of carbonyl (C=O) groups excluding carboxylic acids is 2. The van der Waals surface area contributed by atoms with Gasteiger partial charge in [0.05, 0.1) is 0 Å². The van der Waals surface area contributed by atoms with Crippen LogP contribution in [0.3, 0.4) is 0 Å². The van der Waals surface area contributed by atoms with Gasteiger partial charge in [0.15, 0.2) is 0 Å². The van der Waals surface area contributed by atoms with E-state index in [4.69, 9.17) is 0 Å². The van der Waals surface area contributed by atoms with E-state index in [1.165, 1.54) is 12.8 Å². The lowest BCUT2D eigenvalue weighted by molar-refractivity contribution is 0.0951. The van der Waals surface area contributed by atoms with Crippen LogP contribution >= 0.6 is 0 Å². The average Bonchev–Trinajstić information content (AvgIpc) is 3.38. The second-order valence-electron chi connectivity index (χ2n) is 8.30. The Morgan fingerprint density at radius 2 is 2.04 bits per heavy atom. The summed E-state index contributed by atoms with van der Waals surface area (Å²) < 4.78 is 0. The number of hydrogen-bond donors (Lipinski definition) is 2. The predicted molar refractivity (Wildman–Crippen MR) is 99.8 cm³/mol. The van der Waals surface area contributed by atoms with Crippen LogP contribution in [0.1, 0.15) is 55.5 Å². The standard InChI is InChI=1S/C20H29N3O2/c1-14-5-8-16(18(24)21-12-15-6-7-15)11-17(14)22-19(25)23-10-4-9-20(2,3)13-23/h5,8,11,15H,4,6-7,9-10,12-13H2,1-3H3,(H,21,24)(H,22,25). The molecule has 0 radical (unpaired) electrons. The van der Waals surface area contributed by atoms with E-state index in [9.17, 15) is 9.59 Å². The van der Waals surface area contributed by atoms with Crippen LogP contribution < -0.4 is 10.6 Å². The van der Waals surface area contributed by atoms with Gasteiger partial charge in [0.25, 0.3) is 5.91 Å². The van der Waals surface area contributed by atoms with Crippen molar-refractivity contribution in [3.63, 3.8) is 0 Å². The van der Waals surface area contributed by atoms with Crippen LogP contribution in [0.2, 0.25) is 0 Å². The zero-order valence-corrected chi connectivity index (χ0v) is 15.5. The molecule has 0 atom stereocenters. The van der Waals surface area contributed by atoms with Gasteiger partial charge in [-0.05, 0) is 61.6 Å². The molecule has 2 N–H and O–H groups in total. The maximum atomic E-state index is 12.6. The van der Waals surface area contributed by atoms with Crippen LogP contribution in [-0.4, -0.2) is 36.5 Å². The number of anilines is 1. The van der Waals surface area contributed by atoms with Crippen LogP contribution in [0.5, 0.6) is 0 Å². The fraction of sp³-hybridized carbons (Fsp3) is 0.600. The molecule has 136 valence electrons. The van der Waals surface area contributed by atoms with Gasteiger partial charge in [-0.1, -0.05) is 19.9 Å². The van der Waals surface area contributed by atoms with Crippen molar-refractivity contribution in [1.82, 2.24) is 10.2 Å². The smallest absolute Gasteiger partial charge is 0.321 e. The van der Waals surface area contributed by atoms with Gasteiger partial charge < -0.3 is 15.5 Å². The molecule has 1 aromatic rings. The molecule has 0 bridgehead atoms. The van der Waals surface area contributed by atoms with Crippen LogP contribution in [0.15, 0.2) is 18.2 Å². The summed E-state index contributed by atoms with van der Waals surface area (Å²) in [5, 5.41) is 5.97. The topological polar surface area (TPSA) is 61.4 Å². The van der Waals surface area contributed by atoms with Crippen molar-refractivity contribution in [2.75, 3.05) is 25.0 Å². The minimum absolute atomic E-state index is 0.0681. The fourth-order valence-electron chi connectivity index (χ4n) is 3.35. The van der Waals surface area contributed by atoms with E-state index in [-0.39, 0.29) is 17.4 Å². The Morgan fingerprint density at radius 1 is 1.28 bits per heavy atom. The number of amides is 3. The summed E-state index contributed by atoms with van der Waals surface area (Å²) in [6, 6.07) is 5.41. The molecule has 1 aromatic carbocycles. The number of rotatable bonds is 4. The summed E-state index contributed by atoms with van der Waals surface area (Å²) in [4.78, 5) is 26.8. The number of benzene rings is 1. The third kappa shape index (κ3) is 4.74. The molecule has 0 aromatic heterocycles. The molecule has 0 spiro atoms. The number of hydrogen-bond acceptors (Lipinski definition) is 2. The highest BCUT2D eigenvalue weighted by molar-refractivity contribution is 5.97. The molecular formula is C20H29N3O2. The first-order valence-electron chi connectivity index (χ1n) is 9.29. The van der Waals surface area contributed by atoms with Crippen LogP contribution in [0.25, 0.3) is 0 Å². The Bertz CT molecular complexity index is 665. The van der Waals surface area contributed by atoms with Gasteiger partial charge in [0.1, 0.15) is 0 Å². The minimum Gasteiger partial charge on any atom is -0.352 e. The van der Waals surface area contributed by atoms with Crippen LogP contribution in [-0.2, 0) is 0 Å².